The number of ketones is 2. The molecular weight excluding hydrogens is 2130 g/mol. The summed E-state index contributed by atoms with van der Waals surface area (Å²) in [5.41, 5.74) is 37.9. The number of amides is 4. The molecule has 31 nitrogen and oxygen atoms in total. The largest absolute Gasteiger partial charge is 0.417 e. The second-order valence-electron chi connectivity index (χ2n) is 30.4. The fourth-order valence-corrected chi connectivity index (χ4v) is 21.5. The minimum atomic E-state index is -4.54. The van der Waals surface area contributed by atoms with E-state index < -0.39 is 35.2 Å². The van der Waals surface area contributed by atoms with E-state index in [1.54, 1.807) is 88.9 Å². The number of benzene rings is 6. The molecule has 12 heterocycles. The summed E-state index contributed by atoms with van der Waals surface area (Å²) in [7, 11) is 9.41. The predicted octanol–water partition coefficient (Wildman–Crippen LogP) is 23.1. The summed E-state index contributed by atoms with van der Waals surface area (Å²) in [6.45, 7) is 2.78. The van der Waals surface area contributed by atoms with E-state index in [9.17, 15) is 68.3 Å². The Morgan fingerprint density at radius 1 is 0.319 bits per heavy atom. The van der Waals surface area contributed by atoms with E-state index in [1.807, 2.05) is 0 Å². The van der Waals surface area contributed by atoms with E-state index in [-0.39, 0.29) is 92.8 Å². The molecule has 12 aromatic heterocycles. The van der Waals surface area contributed by atoms with Crippen molar-refractivity contribution >= 4 is 287 Å². The van der Waals surface area contributed by atoms with Gasteiger partial charge in [-0.2, -0.15) is 39.5 Å². The summed E-state index contributed by atoms with van der Waals surface area (Å²) in [6, 6.07) is 35.7. The second-order valence-corrected chi connectivity index (χ2v) is 39.0. The van der Waals surface area contributed by atoms with Gasteiger partial charge in [0.1, 0.15) is 43.6 Å². The number of anilines is 9. The summed E-state index contributed by atoms with van der Waals surface area (Å²) in [5, 5.41) is 24.9. The van der Waals surface area contributed by atoms with Crippen LogP contribution in [-0.2, 0) is 18.5 Å². The number of Topliss-reactive ketones (excluding diaryl/α,β-unsaturated/α-hetero) is 2. The van der Waals surface area contributed by atoms with Crippen LogP contribution in [0.2, 0.25) is 30.1 Å². The molecule has 0 aliphatic heterocycles. The molecule has 742 valence electrons. The Kier molecular flexibility index (Phi) is 32.1. The molecule has 0 spiro atoms. The van der Waals surface area contributed by atoms with E-state index >= 15 is 0 Å². The lowest BCUT2D eigenvalue weighted by Crippen LogP contribution is -2.17. The smallest absolute Gasteiger partial charge is 0.397 e. The summed E-state index contributed by atoms with van der Waals surface area (Å²) < 4.78 is 120. The average Bonchev–Trinajstić information content (AvgIpc) is 1.61. The zero-order valence-corrected chi connectivity index (χ0v) is 84.7. The maximum Gasteiger partial charge on any atom is 0.417 e. The van der Waals surface area contributed by atoms with Crippen LogP contribution in [0.5, 0.6) is 0 Å². The van der Waals surface area contributed by atoms with Crippen LogP contribution in [0.25, 0.3) is 129 Å². The first-order valence-electron chi connectivity index (χ1n) is 41.6. The molecule has 6 aromatic carbocycles. The predicted molar refractivity (Wildman–Crippen MR) is 558 cm³/mol. The SMILES string of the molecule is CC(=O)c1cc2c(-c3ccccc3C(F)(F)F)nc(N)nc2s1.CNC(=O)c1cc2c(-c3ccccc3C(F)(F)F)nc(N)nc2s1.CNC(=O)c1sc2nc(N)nc(-c3ccc(Cl)cc3Cl)c2c1N.CNC(=O)c1sc2nc(NC)nc(-c3ccc(Cl)cc3Cl)c2c1N.CNC(=O)c1sc2nc(NC3CC3)nc(-c3ccc(Cl)cc3Cl)c2c1N.CNc1nc(-c2ccccc2C(F)(F)F)c2cc(C(C)=O)sc2n1. The number of alkyl halides is 9. The standard InChI is InChI=1S/C17H15Cl2N5OS.C16H12F3N3OS.C15H13Cl2N5OS.C15H11F3N4OS.C15H10F3N3OS.C14H11Cl2N5OS/c1-21-15(25)14-12(20)11-13(9-5-2-7(18)6-10(9)19)23-17(22-8-3-4-8)24-16(11)26-14;1-8(23)12-7-10-13(21-15(20-2)22-14(10)24-12)9-5-3-4-6-11(9)16(17,18)19;1-19-13(23)12-10(18)9-11(7-4-3-6(16)5-8(7)17)21-15(20-2)22-14(9)24-12;1-20-12(23)10-6-8-11(21-14(19)22-13(8)24-10)7-4-2-3-5-9(7)15(16,17)18;1-7(22)11-6-9-12(20-14(19)21-13(9)23-11)8-4-2-3-5-10(8)15(16,17)18;1-19-12(22)11-9(17)8-10(20-14(18)21-13(8)23-11)6-3-2-5(15)4-7(6)16/h2,5-6,8H,3-4,20H2,1H3,(H,21,25)(H,22,23,24);3-7H,1-2H3,(H,20,21,22);3-5H,18H2,1-2H3,(H,19,23)(H,20,21,22);2-6H,1H3,(H,20,23)(H2,19,21,22);2-6H,1H3,(H2,19,20,21);2-4H,17H2,1H3,(H,19,22)(H2,18,20,21). The zero-order valence-electron chi connectivity index (χ0n) is 75.2. The third-order valence-electron chi connectivity index (χ3n) is 20.8. The van der Waals surface area contributed by atoms with E-state index in [1.165, 1.54) is 117 Å². The van der Waals surface area contributed by atoms with Crippen LogP contribution >= 0.6 is 138 Å². The number of fused-ring (bicyclic) bond motifs is 6. The van der Waals surface area contributed by atoms with Gasteiger partial charge < -0.3 is 71.6 Å². The van der Waals surface area contributed by atoms with Crippen molar-refractivity contribution in [3.63, 3.8) is 0 Å². The van der Waals surface area contributed by atoms with Gasteiger partial charge in [0.05, 0.1) is 114 Å². The third-order valence-corrected chi connectivity index (χ3v) is 29.0. The number of nitrogens with two attached hydrogens (primary N) is 6. The minimum Gasteiger partial charge on any atom is -0.397 e. The van der Waals surface area contributed by atoms with Crippen LogP contribution in [0, 0.1) is 0 Å². The van der Waals surface area contributed by atoms with Crippen LogP contribution in [0.3, 0.4) is 0 Å². The summed E-state index contributed by atoms with van der Waals surface area (Å²) >= 11 is 43.8. The molecule has 1 fully saturated rings. The molecular formula is C92H72Cl6F9N25O6S6. The molecule has 0 radical (unpaired) electrons. The molecule has 4 amide bonds. The lowest BCUT2D eigenvalue weighted by molar-refractivity contribution is -0.137. The molecule has 1 aliphatic rings. The topological polar surface area (TPSA) is 497 Å². The highest BCUT2D eigenvalue weighted by molar-refractivity contribution is 7.23. The van der Waals surface area contributed by atoms with Crippen molar-refractivity contribution in [3.8, 4) is 67.5 Å². The highest BCUT2D eigenvalue weighted by Gasteiger charge is 2.39. The van der Waals surface area contributed by atoms with Gasteiger partial charge in [0, 0.05) is 113 Å². The number of hydrogen-bond acceptors (Lipinski definition) is 33. The van der Waals surface area contributed by atoms with Crippen LogP contribution in [0.15, 0.2) is 146 Å². The van der Waals surface area contributed by atoms with Crippen molar-refractivity contribution in [1.29, 1.82) is 0 Å². The molecule has 0 atom stereocenters. The van der Waals surface area contributed by atoms with Crippen molar-refractivity contribution in [3.05, 3.63) is 222 Å². The van der Waals surface area contributed by atoms with E-state index in [4.69, 9.17) is 104 Å². The number of hydrogen-bond donors (Lipinski definition) is 13. The molecule has 19 rings (SSSR count). The Morgan fingerprint density at radius 2 is 0.597 bits per heavy atom. The number of aromatic nitrogens is 12. The fraction of sp³-hybridized carbons (Fsp3) is 0.152. The summed E-state index contributed by atoms with van der Waals surface area (Å²) in [4.78, 5) is 127. The second kappa shape index (κ2) is 43.7. The molecule has 52 heteroatoms. The van der Waals surface area contributed by atoms with Gasteiger partial charge in [-0.05, 0) is 118 Å². The van der Waals surface area contributed by atoms with Crippen molar-refractivity contribution in [2.24, 2.45) is 0 Å². The van der Waals surface area contributed by atoms with Gasteiger partial charge in [0.2, 0.25) is 35.7 Å². The number of nitrogens with one attached hydrogen (secondary N) is 7. The van der Waals surface area contributed by atoms with Crippen molar-refractivity contribution in [2.45, 2.75) is 51.3 Å². The number of thiophene rings is 6. The minimum absolute atomic E-state index is 0.0400. The van der Waals surface area contributed by atoms with Crippen LogP contribution in [0.4, 0.5) is 92.3 Å². The van der Waals surface area contributed by atoms with E-state index in [0.29, 0.717) is 189 Å². The third kappa shape index (κ3) is 23.1. The first-order chi connectivity index (χ1) is 68.2. The van der Waals surface area contributed by atoms with Gasteiger partial charge in [0.15, 0.2) is 11.6 Å². The van der Waals surface area contributed by atoms with Crippen LogP contribution in [-0.4, -0.2) is 143 Å². The molecule has 0 unspecified atom stereocenters. The van der Waals surface area contributed by atoms with Crippen molar-refractivity contribution < 1.29 is 68.3 Å². The van der Waals surface area contributed by atoms with Gasteiger partial charge >= 0.3 is 18.5 Å². The van der Waals surface area contributed by atoms with Gasteiger partial charge in [-0.15, -0.1) is 68.0 Å². The molecule has 0 bridgehead atoms. The monoisotopic (exact) mass is 2200 g/mol. The van der Waals surface area contributed by atoms with Gasteiger partial charge in [-0.3, -0.25) is 28.8 Å². The molecule has 19 N–H and O–H groups in total. The zero-order chi connectivity index (χ0) is 104. The van der Waals surface area contributed by atoms with Crippen molar-refractivity contribution in [2.75, 3.05) is 92.6 Å². The van der Waals surface area contributed by atoms with E-state index in [0.717, 1.165) is 76.4 Å². The molecule has 1 aliphatic carbocycles. The molecule has 1 saturated carbocycles. The lowest BCUT2D eigenvalue weighted by atomic mass is 10.0. The number of carbonyl (C=O) groups excluding carboxylic acids is 6. The molecule has 18 aromatic rings. The Bertz CT molecular complexity index is 8140. The number of rotatable bonds is 16. The summed E-state index contributed by atoms with van der Waals surface area (Å²) in [6.07, 6.45) is -11.4. The summed E-state index contributed by atoms with van der Waals surface area (Å²) in [5.74, 6) is -0.635. The average molecular weight is 2200 g/mol. The lowest BCUT2D eigenvalue weighted by Gasteiger charge is -2.13. The molecule has 0 saturated heterocycles. The maximum absolute atomic E-state index is 13.3. The quantitative estimate of drug-likeness (QED) is 0.0316. The Labute approximate surface area is 862 Å². The van der Waals surface area contributed by atoms with Gasteiger partial charge in [-0.1, -0.05) is 124 Å². The van der Waals surface area contributed by atoms with Gasteiger partial charge in [-0.25, -0.2) is 59.8 Å². The normalized spacial score (nSPS) is 11.8. The maximum atomic E-state index is 13.3. The highest BCUT2D eigenvalue weighted by atomic mass is 35.5. The molecule has 144 heavy (non-hydrogen) atoms. The highest BCUT2D eigenvalue weighted by Crippen LogP contribution is 2.49. The Hall–Kier alpha value is -13.9. The number of halogens is 15. The van der Waals surface area contributed by atoms with Crippen LogP contribution < -0.4 is 71.6 Å². The Morgan fingerprint density at radius 3 is 0.924 bits per heavy atom. The number of carbonyl (C=O) groups is 6. The van der Waals surface area contributed by atoms with Crippen molar-refractivity contribution in [1.82, 2.24) is 81.1 Å². The van der Waals surface area contributed by atoms with E-state index in [2.05, 4.69) is 97.0 Å². The Balaban J connectivity index is 0.000000137. The first-order valence-corrected chi connectivity index (χ1v) is 48.8. The number of nitrogen functional groups attached to an aromatic ring is 6. The fourth-order valence-electron chi connectivity index (χ4n) is 14.1. The van der Waals surface area contributed by atoms with Crippen LogP contribution in [0.1, 0.15) is 101 Å². The number of nitrogens with zero attached hydrogens (tertiary/aromatic N) is 12. The van der Waals surface area contributed by atoms with Gasteiger partial charge in [0.25, 0.3) is 23.6 Å². The first kappa shape index (κ1) is 106.